The lowest BCUT2D eigenvalue weighted by atomic mass is 9.49. The average Bonchev–Trinajstić information content (AvgIpc) is 2.97. The van der Waals surface area contributed by atoms with Crippen molar-refractivity contribution in [1.29, 1.82) is 0 Å². The van der Waals surface area contributed by atoms with Crippen LogP contribution in [-0.4, -0.2) is 29.6 Å². The van der Waals surface area contributed by atoms with Gasteiger partial charge in [-0.2, -0.15) is 0 Å². The molecule has 1 N–H and O–H groups in total. The highest BCUT2D eigenvalue weighted by Gasteiger charge is 2.58. The van der Waals surface area contributed by atoms with Crippen molar-refractivity contribution in [2.24, 2.45) is 40.9 Å². The highest BCUT2D eigenvalue weighted by atomic mass is 16.5. The molecular formula is C22H34O4. The summed E-state index contributed by atoms with van der Waals surface area (Å²) >= 11 is 0. The molecular weight excluding hydrogens is 328 g/mol. The van der Waals surface area contributed by atoms with Crippen molar-refractivity contribution in [3.63, 3.8) is 0 Å². The maximum absolute atomic E-state index is 12.3. The number of carbonyl (C=O) groups excluding carboxylic acids is 2. The summed E-state index contributed by atoms with van der Waals surface area (Å²) in [5.74, 6) is 3.74. The largest absolute Gasteiger partial charge is 0.463 e. The van der Waals surface area contributed by atoms with Crippen LogP contribution in [0.3, 0.4) is 0 Å². The van der Waals surface area contributed by atoms with Crippen LogP contribution in [-0.2, 0) is 14.3 Å². The number of esters is 1. The molecule has 4 nitrogen and oxygen atoms in total. The Hall–Kier alpha value is -0.900. The van der Waals surface area contributed by atoms with E-state index in [1.165, 1.54) is 39.0 Å². The van der Waals surface area contributed by atoms with E-state index in [4.69, 9.17) is 4.74 Å². The van der Waals surface area contributed by atoms with Gasteiger partial charge in [0, 0.05) is 12.8 Å². The number of ketones is 1. The first-order valence-corrected chi connectivity index (χ1v) is 10.7. The molecule has 4 aliphatic carbocycles. The fraction of sp³-hybridized carbons (Fsp3) is 0.909. The lowest BCUT2D eigenvalue weighted by molar-refractivity contribution is -0.152. The minimum atomic E-state index is -0.288. The normalized spacial score (nSPS) is 47.4. The molecule has 0 radical (unpaired) electrons. The van der Waals surface area contributed by atoms with E-state index in [-0.39, 0.29) is 35.8 Å². The monoisotopic (exact) mass is 362 g/mol. The molecule has 8 atom stereocenters. The van der Waals surface area contributed by atoms with Gasteiger partial charge in [-0.3, -0.25) is 9.59 Å². The molecule has 0 aromatic carbocycles. The molecule has 0 aliphatic heterocycles. The van der Waals surface area contributed by atoms with E-state index in [0.717, 1.165) is 49.4 Å². The van der Waals surface area contributed by atoms with Crippen molar-refractivity contribution < 1.29 is 19.4 Å². The summed E-state index contributed by atoms with van der Waals surface area (Å²) in [5.41, 5.74) is 0.114. The molecule has 0 saturated heterocycles. The molecule has 0 bridgehead atoms. The van der Waals surface area contributed by atoms with Crippen molar-refractivity contribution in [1.82, 2.24) is 0 Å². The molecule has 4 heteroatoms. The number of fused-ring (bicyclic) bond motifs is 5. The minimum Gasteiger partial charge on any atom is -0.463 e. The van der Waals surface area contributed by atoms with Crippen molar-refractivity contribution >= 4 is 11.8 Å². The van der Waals surface area contributed by atoms with Gasteiger partial charge in [0.25, 0.3) is 0 Å². The van der Waals surface area contributed by atoms with Gasteiger partial charge in [0.2, 0.25) is 0 Å². The smallest absolute Gasteiger partial charge is 0.302 e. The van der Waals surface area contributed by atoms with Gasteiger partial charge in [0.05, 0.1) is 0 Å². The molecule has 146 valence electrons. The van der Waals surface area contributed by atoms with E-state index in [0.29, 0.717) is 5.92 Å². The van der Waals surface area contributed by atoms with Crippen LogP contribution in [0, 0.1) is 40.9 Å². The molecule has 4 aliphatic rings. The Morgan fingerprint density at radius 1 is 1.00 bits per heavy atom. The SMILES string of the molecule is CC(=O)O[C@H]1CC[C@H]2[C@@H](CC[C@@H]3[C@@H]2CC[C@]2(C)[C@@H](C(=O)CO)CC[C@@H]32)C1. The van der Waals surface area contributed by atoms with Crippen molar-refractivity contribution in [2.75, 3.05) is 6.61 Å². The zero-order valence-corrected chi connectivity index (χ0v) is 16.3. The molecule has 0 aromatic rings. The molecule has 4 fully saturated rings. The Kier molecular flexibility index (Phi) is 4.92. The van der Waals surface area contributed by atoms with E-state index in [9.17, 15) is 14.7 Å². The molecule has 0 spiro atoms. The van der Waals surface area contributed by atoms with Gasteiger partial charge in [-0.15, -0.1) is 0 Å². The number of aliphatic hydroxyl groups excluding tert-OH is 1. The van der Waals surface area contributed by atoms with Crippen molar-refractivity contribution in [3.05, 3.63) is 0 Å². The fourth-order valence-electron chi connectivity index (χ4n) is 7.79. The van der Waals surface area contributed by atoms with Gasteiger partial charge in [-0.05, 0) is 92.8 Å². The van der Waals surface area contributed by atoms with Gasteiger partial charge < -0.3 is 9.84 Å². The zero-order valence-electron chi connectivity index (χ0n) is 16.3. The predicted molar refractivity (Wildman–Crippen MR) is 98.2 cm³/mol. The Labute approximate surface area is 157 Å². The van der Waals surface area contributed by atoms with Crippen LogP contribution in [0.1, 0.15) is 71.6 Å². The summed E-state index contributed by atoms with van der Waals surface area (Å²) in [4.78, 5) is 23.6. The summed E-state index contributed by atoms with van der Waals surface area (Å²) in [6, 6.07) is 0. The van der Waals surface area contributed by atoms with Crippen LogP contribution in [0.15, 0.2) is 0 Å². The first-order chi connectivity index (χ1) is 12.4. The van der Waals surface area contributed by atoms with E-state index in [2.05, 4.69) is 6.92 Å². The minimum absolute atomic E-state index is 0.0732. The van der Waals surface area contributed by atoms with E-state index in [1.807, 2.05) is 0 Å². The van der Waals surface area contributed by atoms with Crippen LogP contribution in [0.2, 0.25) is 0 Å². The van der Waals surface area contributed by atoms with Gasteiger partial charge in [0.1, 0.15) is 12.7 Å². The van der Waals surface area contributed by atoms with Crippen LogP contribution >= 0.6 is 0 Å². The Morgan fingerprint density at radius 3 is 2.50 bits per heavy atom. The molecule has 0 aromatic heterocycles. The molecule has 0 unspecified atom stereocenters. The number of carbonyl (C=O) groups is 2. The second-order valence-electron chi connectivity index (χ2n) is 9.78. The lowest BCUT2D eigenvalue weighted by Gasteiger charge is -2.56. The summed E-state index contributed by atoms with van der Waals surface area (Å²) in [7, 11) is 0. The number of hydrogen-bond acceptors (Lipinski definition) is 4. The van der Waals surface area contributed by atoms with Crippen molar-refractivity contribution in [2.45, 2.75) is 77.7 Å². The fourth-order valence-corrected chi connectivity index (χ4v) is 7.79. The summed E-state index contributed by atoms with van der Waals surface area (Å²) in [6.07, 6.45) is 10.5. The van der Waals surface area contributed by atoms with Gasteiger partial charge in [-0.1, -0.05) is 6.92 Å². The molecule has 4 rings (SSSR count). The standard InChI is InChI=1S/C22H34O4/c1-13(24)26-15-4-6-16-14(11-15)3-5-18-17(16)9-10-22(2)19(18)7-8-20(22)21(25)12-23/h14-20,23H,3-12H2,1-2H3/t14-,15-,16-,17+,18+,19-,20+,22-/m0/s1. The zero-order chi connectivity index (χ0) is 18.5. The summed E-state index contributed by atoms with van der Waals surface area (Å²) in [5, 5.41) is 9.39. The van der Waals surface area contributed by atoms with E-state index >= 15 is 0 Å². The second kappa shape index (κ2) is 6.92. The number of rotatable bonds is 3. The Morgan fingerprint density at radius 2 is 1.77 bits per heavy atom. The second-order valence-corrected chi connectivity index (χ2v) is 9.78. The number of Topliss-reactive ketones (excluding diaryl/α,β-unsaturated/α-hetero) is 1. The number of ether oxygens (including phenoxy) is 1. The number of hydrogen-bond donors (Lipinski definition) is 1. The maximum Gasteiger partial charge on any atom is 0.302 e. The highest BCUT2D eigenvalue weighted by molar-refractivity contribution is 5.83. The first kappa shape index (κ1) is 18.5. The van der Waals surface area contributed by atoms with Gasteiger partial charge in [0.15, 0.2) is 5.78 Å². The third kappa shape index (κ3) is 2.93. The average molecular weight is 363 g/mol. The Bertz CT molecular complexity index is 572. The van der Waals surface area contributed by atoms with Crippen LogP contribution in [0.25, 0.3) is 0 Å². The molecule has 26 heavy (non-hydrogen) atoms. The van der Waals surface area contributed by atoms with Crippen LogP contribution in [0.5, 0.6) is 0 Å². The summed E-state index contributed by atoms with van der Waals surface area (Å²) in [6.45, 7) is 3.57. The predicted octanol–water partition coefficient (Wildman–Crippen LogP) is 3.75. The van der Waals surface area contributed by atoms with E-state index in [1.54, 1.807) is 0 Å². The molecule has 4 saturated carbocycles. The third-order valence-corrected chi connectivity index (χ3v) is 8.78. The Balaban J connectivity index is 1.47. The third-order valence-electron chi connectivity index (χ3n) is 8.78. The molecule has 0 heterocycles. The van der Waals surface area contributed by atoms with E-state index < -0.39 is 0 Å². The van der Waals surface area contributed by atoms with Crippen LogP contribution < -0.4 is 0 Å². The first-order valence-electron chi connectivity index (χ1n) is 10.7. The molecule has 0 amide bonds. The van der Waals surface area contributed by atoms with Gasteiger partial charge in [-0.25, -0.2) is 0 Å². The number of aliphatic hydroxyl groups is 1. The van der Waals surface area contributed by atoms with Crippen molar-refractivity contribution in [3.8, 4) is 0 Å². The quantitative estimate of drug-likeness (QED) is 0.777. The van der Waals surface area contributed by atoms with Gasteiger partial charge >= 0.3 is 5.97 Å². The maximum atomic E-state index is 12.3. The summed E-state index contributed by atoms with van der Waals surface area (Å²) < 4.78 is 5.51. The topological polar surface area (TPSA) is 63.6 Å². The lowest BCUT2D eigenvalue weighted by Crippen LogP contribution is -2.50. The van der Waals surface area contributed by atoms with Crippen LogP contribution in [0.4, 0.5) is 0 Å². The highest BCUT2D eigenvalue weighted by Crippen LogP contribution is 2.64.